The Kier molecular flexibility index (Phi) is 4.96. The van der Waals surface area contributed by atoms with E-state index < -0.39 is 0 Å². The summed E-state index contributed by atoms with van der Waals surface area (Å²) in [6.07, 6.45) is 5.78. The van der Waals surface area contributed by atoms with Gasteiger partial charge in [-0.2, -0.15) is 0 Å². The average molecular weight is 271 g/mol. The second-order valence-corrected chi connectivity index (χ2v) is 5.74. The van der Waals surface area contributed by atoms with Gasteiger partial charge < -0.3 is 10.3 Å². The summed E-state index contributed by atoms with van der Waals surface area (Å²) in [7, 11) is 0. The Morgan fingerprint density at radius 3 is 2.50 bits per heavy atom. The monoisotopic (exact) mass is 271 g/mol. The number of benzene rings is 1. The molecule has 0 saturated heterocycles. The number of aromatic nitrogens is 2. The fraction of sp³-hybridized carbons (Fsp3) is 0.471. The molecule has 0 fully saturated rings. The van der Waals surface area contributed by atoms with Crippen molar-refractivity contribution < 1.29 is 0 Å². The Morgan fingerprint density at radius 1 is 1.20 bits per heavy atom. The van der Waals surface area contributed by atoms with E-state index in [1.165, 1.54) is 5.56 Å². The van der Waals surface area contributed by atoms with Gasteiger partial charge in [0.15, 0.2) is 0 Å². The van der Waals surface area contributed by atoms with Crippen LogP contribution in [-0.4, -0.2) is 9.55 Å². The maximum absolute atomic E-state index is 6.40. The third-order valence-corrected chi connectivity index (χ3v) is 3.92. The molecule has 0 saturated carbocycles. The second kappa shape index (κ2) is 6.71. The number of hydrogen-bond acceptors (Lipinski definition) is 2. The highest BCUT2D eigenvalue weighted by Crippen LogP contribution is 2.26. The predicted octanol–water partition coefficient (Wildman–Crippen LogP) is 3.73. The first-order valence-corrected chi connectivity index (χ1v) is 7.44. The summed E-state index contributed by atoms with van der Waals surface area (Å²) in [6.45, 7) is 6.72. The molecule has 0 aliphatic carbocycles. The van der Waals surface area contributed by atoms with Crippen LogP contribution in [0.15, 0.2) is 42.9 Å². The molecule has 0 spiro atoms. The minimum absolute atomic E-state index is 0.00676. The summed E-state index contributed by atoms with van der Waals surface area (Å²) in [5.41, 5.74) is 8.81. The van der Waals surface area contributed by atoms with Crippen LogP contribution in [0.4, 0.5) is 0 Å². The van der Waals surface area contributed by atoms with Gasteiger partial charge in [0.25, 0.3) is 0 Å². The maximum atomic E-state index is 6.40. The summed E-state index contributed by atoms with van der Waals surface area (Å²) in [4.78, 5) is 4.32. The lowest BCUT2D eigenvalue weighted by Gasteiger charge is -2.25. The van der Waals surface area contributed by atoms with Crippen LogP contribution in [-0.2, 0) is 6.42 Å². The third-order valence-electron chi connectivity index (χ3n) is 3.92. The molecule has 2 N–H and O–H groups in total. The summed E-state index contributed by atoms with van der Waals surface area (Å²) < 4.78 is 2.26. The summed E-state index contributed by atoms with van der Waals surface area (Å²) >= 11 is 0. The van der Waals surface area contributed by atoms with Gasteiger partial charge in [-0.05, 0) is 24.3 Å². The van der Waals surface area contributed by atoms with Crippen molar-refractivity contribution >= 4 is 0 Å². The fourth-order valence-corrected chi connectivity index (χ4v) is 2.84. The molecule has 20 heavy (non-hydrogen) atoms. The van der Waals surface area contributed by atoms with Gasteiger partial charge in [-0.3, -0.25) is 0 Å². The molecule has 0 aliphatic rings. The standard InChI is InChI=1S/C17H25N3/c1-4-16(13(2)3)20-12-19-11-17(20)15(18)10-14-8-6-5-7-9-14/h5-9,11-13,15-16H,4,10,18H2,1-3H3/t15-,16?/m1/s1. The minimum Gasteiger partial charge on any atom is -0.330 e. The van der Waals surface area contributed by atoms with Crippen molar-refractivity contribution in [2.75, 3.05) is 0 Å². The lowest BCUT2D eigenvalue weighted by molar-refractivity contribution is 0.351. The van der Waals surface area contributed by atoms with Crippen LogP contribution in [0.2, 0.25) is 0 Å². The Labute approximate surface area is 121 Å². The Balaban J connectivity index is 2.19. The molecule has 0 radical (unpaired) electrons. The van der Waals surface area contributed by atoms with Gasteiger partial charge in [-0.1, -0.05) is 51.1 Å². The highest BCUT2D eigenvalue weighted by atomic mass is 15.1. The first-order chi connectivity index (χ1) is 9.63. The van der Waals surface area contributed by atoms with E-state index in [-0.39, 0.29) is 6.04 Å². The third kappa shape index (κ3) is 3.28. The molecule has 0 bridgehead atoms. The van der Waals surface area contributed by atoms with E-state index in [2.05, 4.69) is 54.6 Å². The number of hydrogen-bond donors (Lipinski definition) is 1. The van der Waals surface area contributed by atoms with Crippen LogP contribution in [0, 0.1) is 5.92 Å². The van der Waals surface area contributed by atoms with Crippen LogP contribution >= 0.6 is 0 Å². The SMILES string of the molecule is CCC(C(C)C)n1cncc1[C@H](N)Cc1ccccc1. The molecule has 0 aliphatic heterocycles. The number of imidazole rings is 1. The van der Waals surface area contributed by atoms with Gasteiger partial charge in [0.05, 0.1) is 18.1 Å². The fourth-order valence-electron chi connectivity index (χ4n) is 2.84. The molecule has 2 atom stereocenters. The van der Waals surface area contributed by atoms with E-state index >= 15 is 0 Å². The van der Waals surface area contributed by atoms with Crippen molar-refractivity contribution in [1.29, 1.82) is 0 Å². The highest BCUT2D eigenvalue weighted by molar-refractivity contribution is 5.19. The zero-order valence-electron chi connectivity index (χ0n) is 12.7. The van der Waals surface area contributed by atoms with Gasteiger partial charge in [0.1, 0.15) is 0 Å². The van der Waals surface area contributed by atoms with Crippen LogP contribution in [0.3, 0.4) is 0 Å². The first kappa shape index (κ1) is 14.8. The molecular weight excluding hydrogens is 246 g/mol. The predicted molar refractivity (Wildman–Crippen MR) is 83.5 cm³/mol. The summed E-state index contributed by atoms with van der Waals surface area (Å²) in [5, 5.41) is 0. The molecule has 1 unspecified atom stereocenters. The molecule has 0 amide bonds. The number of rotatable bonds is 6. The normalized spacial score (nSPS) is 14.4. The molecule has 3 nitrogen and oxygen atoms in total. The van der Waals surface area contributed by atoms with E-state index in [1.807, 2.05) is 18.6 Å². The van der Waals surface area contributed by atoms with Gasteiger partial charge in [0.2, 0.25) is 0 Å². The summed E-state index contributed by atoms with van der Waals surface area (Å²) in [6, 6.07) is 10.9. The van der Waals surface area contributed by atoms with Crippen molar-refractivity contribution in [2.45, 2.75) is 45.7 Å². The smallest absolute Gasteiger partial charge is 0.0951 e. The molecule has 108 valence electrons. The van der Waals surface area contributed by atoms with Gasteiger partial charge in [-0.15, -0.1) is 0 Å². The minimum atomic E-state index is -0.00676. The van der Waals surface area contributed by atoms with E-state index in [9.17, 15) is 0 Å². The topological polar surface area (TPSA) is 43.8 Å². The van der Waals surface area contributed by atoms with Crippen LogP contribution in [0.5, 0.6) is 0 Å². The molecule has 1 aromatic carbocycles. The van der Waals surface area contributed by atoms with Crippen molar-refractivity contribution in [2.24, 2.45) is 11.7 Å². The van der Waals surface area contributed by atoms with E-state index in [4.69, 9.17) is 5.73 Å². The van der Waals surface area contributed by atoms with Crippen molar-refractivity contribution in [3.8, 4) is 0 Å². The molecule has 2 aromatic rings. The van der Waals surface area contributed by atoms with Gasteiger partial charge in [-0.25, -0.2) is 4.98 Å². The second-order valence-electron chi connectivity index (χ2n) is 5.74. The van der Waals surface area contributed by atoms with Crippen LogP contribution < -0.4 is 5.73 Å². The molecule has 3 heteroatoms. The van der Waals surface area contributed by atoms with E-state index in [0.717, 1.165) is 18.5 Å². The molecule has 1 aromatic heterocycles. The Morgan fingerprint density at radius 2 is 1.90 bits per heavy atom. The highest BCUT2D eigenvalue weighted by Gasteiger charge is 2.19. The van der Waals surface area contributed by atoms with Crippen molar-refractivity contribution in [1.82, 2.24) is 9.55 Å². The van der Waals surface area contributed by atoms with Crippen molar-refractivity contribution in [3.63, 3.8) is 0 Å². The lowest BCUT2D eigenvalue weighted by atomic mass is 9.99. The van der Waals surface area contributed by atoms with Crippen LogP contribution in [0.1, 0.15) is 50.5 Å². The molecule has 1 heterocycles. The Bertz CT molecular complexity index is 516. The molecular formula is C17H25N3. The first-order valence-electron chi connectivity index (χ1n) is 7.44. The average Bonchev–Trinajstić information content (AvgIpc) is 2.89. The zero-order valence-corrected chi connectivity index (χ0v) is 12.7. The van der Waals surface area contributed by atoms with Crippen LogP contribution in [0.25, 0.3) is 0 Å². The number of nitrogens with two attached hydrogens (primary N) is 1. The van der Waals surface area contributed by atoms with Gasteiger partial charge >= 0.3 is 0 Å². The zero-order chi connectivity index (χ0) is 14.5. The number of nitrogens with zero attached hydrogens (tertiary/aromatic N) is 2. The quantitative estimate of drug-likeness (QED) is 0.870. The Hall–Kier alpha value is -1.61. The van der Waals surface area contributed by atoms with Gasteiger partial charge in [0, 0.05) is 12.2 Å². The maximum Gasteiger partial charge on any atom is 0.0951 e. The largest absolute Gasteiger partial charge is 0.330 e. The summed E-state index contributed by atoms with van der Waals surface area (Å²) in [5.74, 6) is 0.580. The van der Waals surface area contributed by atoms with E-state index in [1.54, 1.807) is 0 Å². The van der Waals surface area contributed by atoms with Crippen molar-refractivity contribution in [3.05, 3.63) is 54.1 Å². The molecule has 2 rings (SSSR count). The van der Waals surface area contributed by atoms with E-state index in [0.29, 0.717) is 12.0 Å². The lowest BCUT2D eigenvalue weighted by Crippen LogP contribution is -2.22.